The van der Waals surface area contributed by atoms with Crippen molar-refractivity contribution in [1.82, 2.24) is 0 Å². The van der Waals surface area contributed by atoms with E-state index in [2.05, 4.69) is 27.7 Å². The van der Waals surface area contributed by atoms with E-state index in [1.54, 1.807) is 0 Å². The minimum absolute atomic E-state index is 0.0620. The number of carbonyl (C=O) groups excluding carboxylic acids is 3. The Balaban J connectivity index is 4.29. The average Bonchev–Trinajstić information content (AvgIpc) is 3.28. The molecule has 6 nitrogen and oxygen atoms in total. The van der Waals surface area contributed by atoms with E-state index in [9.17, 15) is 14.4 Å². The van der Waals surface area contributed by atoms with E-state index in [1.807, 2.05) is 0 Å². The van der Waals surface area contributed by atoms with E-state index in [4.69, 9.17) is 14.2 Å². The predicted octanol–water partition coefficient (Wildman–Crippen LogP) is 19.0. The van der Waals surface area contributed by atoms with Gasteiger partial charge in [-0.1, -0.05) is 291 Å². The van der Waals surface area contributed by atoms with Crippen molar-refractivity contribution in [3.63, 3.8) is 0 Å². The monoisotopic (exact) mass is 905 g/mol. The normalized spacial score (nSPS) is 12.0. The van der Waals surface area contributed by atoms with Crippen molar-refractivity contribution >= 4 is 17.9 Å². The van der Waals surface area contributed by atoms with Crippen molar-refractivity contribution in [1.29, 1.82) is 0 Å². The minimum atomic E-state index is -0.762. The Labute approximate surface area is 399 Å². The van der Waals surface area contributed by atoms with Gasteiger partial charge >= 0.3 is 17.9 Å². The van der Waals surface area contributed by atoms with Crippen molar-refractivity contribution in [2.45, 2.75) is 336 Å². The predicted molar refractivity (Wildman–Crippen MR) is 275 cm³/mol. The second kappa shape index (κ2) is 52.4. The Kier molecular flexibility index (Phi) is 51.1. The van der Waals surface area contributed by atoms with E-state index >= 15 is 0 Å². The summed E-state index contributed by atoms with van der Waals surface area (Å²) in [5.41, 5.74) is 0. The lowest BCUT2D eigenvalue weighted by molar-refractivity contribution is -0.167. The lowest BCUT2D eigenvalue weighted by atomic mass is 10.0. The molecule has 0 spiro atoms. The Morgan fingerprint density at radius 2 is 0.516 bits per heavy atom. The maximum Gasteiger partial charge on any atom is 0.306 e. The Morgan fingerprint density at radius 3 is 0.766 bits per heavy atom. The van der Waals surface area contributed by atoms with Crippen LogP contribution in [0.2, 0.25) is 0 Å². The van der Waals surface area contributed by atoms with E-state index in [0.29, 0.717) is 19.3 Å². The van der Waals surface area contributed by atoms with Crippen LogP contribution in [0.1, 0.15) is 329 Å². The van der Waals surface area contributed by atoms with Gasteiger partial charge < -0.3 is 14.2 Å². The van der Waals surface area contributed by atoms with Crippen LogP contribution in [0.4, 0.5) is 0 Å². The van der Waals surface area contributed by atoms with Gasteiger partial charge in [0.05, 0.1) is 0 Å². The van der Waals surface area contributed by atoms with E-state index in [0.717, 1.165) is 63.7 Å². The van der Waals surface area contributed by atoms with Crippen LogP contribution in [0.3, 0.4) is 0 Å². The summed E-state index contributed by atoms with van der Waals surface area (Å²) in [6.45, 7) is 9.05. The van der Waals surface area contributed by atoms with Crippen molar-refractivity contribution in [3.8, 4) is 0 Å². The molecule has 0 aliphatic rings. The molecule has 0 aliphatic carbocycles. The first-order valence-corrected chi connectivity index (χ1v) is 28.9. The topological polar surface area (TPSA) is 78.9 Å². The molecule has 0 bridgehead atoms. The zero-order valence-corrected chi connectivity index (χ0v) is 43.8. The molecule has 380 valence electrons. The zero-order valence-electron chi connectivity index (χ0n) is 43.8. The van der Waals surface area contributed by atoms with Gasteiger partial charge in [0.2, 0.25) is 0 Å². The molecule has 0 unspecified atom stereocenters. The van der Waals surface area contributed by atoms with Crippen LogP contribution in [0.5, 0.6) is 0 Å². The van der Waals surface area contributed by atoms with Gasteiger partial charge in [-0.05, 0) is 25.2 Å². The molecular formula is C58H112O6. The molecule has 0 aromatic heterocycles. The second-order valence-electron chi connectivity index (χ2n) is 20.4. The molecule has 1 atom stereocenters. The Bertz CT molecular complexity index is 964. The third-order valence-corrected chi connectivity index (χ3v) is 13.3. The summed E-state index contributed by atoms with van der Waals surface area (Å²) in [5, 5.41) is 0. The largest absolute Gasteiger partial charge is 0.462 e. The molecular weight excluding hydrogens is 793 g/mol. The van der Waals surface area contributed by atoms with Crippen LogP contribution >= 0.6 is 0 Å². The summed E-state index contributed by atoms with van der Waals surface area (Å²) >= 11 is 0. The highest BCUT2D eigenvalue weighted by molar-refractivity contribution is 5.71. The molecule has 6 heteroatoms. The van der Waals surface area contributed by atoms with Crippen LogP contribution in [0.25, 0.3) is 0 Å². The Hall–Kier alpha value is -1.59. The van der Waals surface area contributed by atoms with Crippen molar-refractivity contribution < 1.29 is 28.6 Å². The smallest absolute Gasteiger partial charge is 0.306 e. The number of carbonyl (C=O) groups is 3. The number of esters is 3. The van der Waals surface area contributed by atoms with Gasteiger partial charge in [0.15, 0.2) is 6.10 Å². The van der Waals surface area contributed by atoms with Gasteiger partial charge in [-0.3, -0.25) is 14.4 Å². The summed E-state index contributed by atoms with van der Waals surface area (Å²) in [5.74, 6) is -0.0177. The third kappa shape index (κ3) is 51.4. The van der Waals surface area contributed by atoms with Gasteiger partial charge in [-0.25, -0.2) is 0 Å². The first kappa shape index (κ1) is 62.4. The number of hydrogen-bond acceptors (Lipinski definition) is 6. The number of rotatable bonds is 53. The first-order chi connectivity index (χ1) is 31.4. The molecule has 0 N–H and O–H groups in total. The van der Waals surface area contributed by atoms with Gasteiger partial charge in [0, 0.05) is 19.3 Å². The minimum Gasteiger partial charge on any atom is -0.462 e. The molecule has 0 aromatic rings. The number of hydrogen-bond donors (Lipinski definition) is 0. The average molecular weight is 906 g/mol. The van der Waals surface area contributed by atoms with Crippen molar-refractivity contribution in [2.24, 2.45) is 5.92 Å². The van der Waals surface area contributed by atoms with Crippen LogP contribution in [-0.4, -0.2) is 37.2 Å². The summed E-state index contributed by atoms with van der Waals surface area (Å²) < 4.78 is 16.9. The fourth-order valence-electron chi connectivity index (χ4n) is 8.92. The number of unbranched alkanes of at least 4 members (excludes halogenated alkanes) is 40. The molecule has 64 heavy (non-hydrogen) atoms. The third-order valence-electron chi connectivity index (χ3n) is 13.3. The zero-order chi connectivity index (χ0) is 46.7. The molecule has 0 aromatic carbocycles. The molecule has 0 rings (SSSR count). The highest BCUT2D eigenvalue weighted by atomic mass is 16.6. The SMILES string of the molecule is CCCCCCCCCCCCCCCCCCCC(=O)OC[C@@H](COC(=O)CCCCCCCCCCCCC(C)C)OC(=O)CCCCCCCCCCCCCCCCCC. The van der Waals surface area contributed by atoms with Crippen LogP contribution in [0.15, 0.2) is 0 Å². The summed E-state index contributed by atoms with van der Waals surface area (Å²) in [7, 11) is 0. The van der Waals surface area contributed by atoms with Crippen molar-refractivity contribution in [2.75, 3.05) is 13.2 Å². The molecule has 0 heterocycles. The molecule has 0 aliphatic heterocycles. The molecule has 0 amide bonds. The quantitative estimate of drug-likeness (QED) is 0.0344. The van der Waals surface area contributed by atoms with Crippen LogP contribution in [0, 0.1) is 5.92 Å². The summed E-state index contributed by atoms with van der Waals surface area (Å²) in [4.78, 5) is 38.1. The highest BCUT2D eigenvalue weighted by Crippen LogP contribution is 2.18. The van der Waals surface area contributed by atoms with Crippen LogP contribution < -0.4 is 0 Å². The molecule has 0 saturated carbocycles. The Morgan fingerprint density at radius 1 is 0.297 bits per heavy atom. The fourth-order valence-corrected chi connectivity index (χ4v) is 8.92. The van der Waals surface area contributed by atoms with Gasteiger partial charge in [0.25, 0.3) is 0 Å². The molecule has 0 fully saturated rings. The molecule has 0 radical (unpaired) electrons. The summed E-state index contributed by atoms with van der Waals surface area (Å²) in [6, 6.07) is 0. The van der Waals surface area contributed by atoms with E-state index < -0.39 is 6.10 Å². The van der Waals surface area contributed by atoms with Crippen molar-refractivity contribution in [3.05, 3.63) is 0 Å². The van der Waals surface area contributed by atoms with Gasteiger partial charge in [-0.2, -0.15) is 0 Å². The molecule has 0 saturated heterocycles. The standard InChI is InChI=1S/C58H112O6/c1-5-7-9-11-13-15-17-19-21-23-25-26-28-33-37-41-45-49-56(59)62-52-55(53-63-57(60)50-46-42-38-34-31-30-32-36-40-44-48-54(3)4)64-58(61)51-47-43-39-35-29-27-24-22-20-18-16-14-12-10-8-6-2/h54-55H,5-53H2,1-4H3/t55-/m0/s1. The number of ether oxygens (including phenoxy) is 3. The van der Waals surface area contributed by atoms with E-state index in [-0.39, 0.29) is 31.1 Å². The lowest BCUT2D eigenvalue weighted by Gasteiger charge is -2.18. The summed E-state index contributed by atoms with van der Waals surface area (Å²) in [6.07, 6.45) is 56.6. The lowest BCUT2D eigenvalue weighted by Crippen LogP contribution is -2.30. The maximum atomic E-state index is 12.8. The van der Waals surface area contributed by atoms with Gasteiger partial charge in [-0.15, -0.1) is 0 Å². The van der Waals surface area contributed by atoms with Gasteiger partial charge in [0.1, 0.15) is 13.2 Å². The van der Waals surface area contributed by atoms with Crippen LogP contribution in [-0.2, 0) is 28.6 Å². The second-order valence-corrected chi connectivity index (χ2v) is 20.4. The fraction of sp³-hybridized carbons (Fsp3) is 0.948. The first-order valence-electron chi connectivity index (χ1n) is 28.9. The maximum absolute atomic E-state index is 12.8. The highest BCUT2D eigenvalue weighted by Gasteiger charge is 2.19. The van der Waals surface area contributed by atoms with E-state index in [1.165, 1.54) is 225 Å².